The first kappa shape index (κ1) is 25.3. The number of halogens is 4. The Kier molecular flexibility index (Phi) is 6.76. The number of hydrogen-bond donors (Lipinski definition) is 1. The molecule has 0 bridgehead atoms. The molecule has 0 atom stereocenters. The maximum atomic E-state index is 14.7. The number of nitrogens with one attached hydrogen (secondary N) is 1. The Morgan fingerprint density at radius 3 is 2.58 bits per heavy atom. The molecule has 1 aliphatic heterocycles. The summed E-state index contributed by atoms with van der Waals surface area (Å²) in [5, 5.41) is 10.7. The molecule has 0 aliphatic carbocycles. The van der Waals surface area contributed by atoms with Crippen molar-refractivity contribution in [2.75, 3.05) is 43.4 Å². The number of benzene rings is 1. The van der Waals surface area contributed by atoms with Crippen molar-refractivity contribution in [3.05, 3.63) is 78.3 Å². The van der Waals surface area contributed by atoms with E-state index in [4.69, 9.17) is 0 Å². The standard InChI is InChI=1S/C25H22F4N8O/c1-35-6-8-36(9-7-35)19-10-17(13-30-14-19)21-15-37(34-33-21)22-12-18(2-3-20(22)26)32-24(38)16-4-5-31-23(11-16)25(27,28)29/h2-5,10-15H,6-9H2,1H3,(H,32,38). The van der Waals surface area contributed by atoms with E-state index < -0.39 is 23.6 Å². The average molecular weight is 526 g/mol. The minimum atomic E-state index is -4.69. The zero-order chi connectivity index (χ0) is 26.9. The van der Waals surface area contributed by atoms with Crippen LogP contribution in [-0.2, 0) is 6.18 Å². The molecule has 1 saturated heterocycles. The lowest BCUT2D eigenvalue weighted by Gasteiger charge is -2.33. The summed E-state index contributed by atoms with van der Waals surface area (Å²) in [7, 11) is 2.08. The molecule has 5 rings (SSSR count). The van der Waals surface area contributed by atoms with E-state index in [-0.39, 0.29) is 16.9 Å². The number of anilines is 2. The number of rotatable bonds is 5. The van der Waals surface area contributed by atoms with Crippen molar-refractivity contribution >= 4 is 17.3 Å². The molecule has 0 radical (unpaired) electrons. The summed E-state index contributed by atoms with van der Waals surface area (Å²) in [6.07, 6.45) is 1.17. The minimum absolute atomic E-state index is 0.00422. The van der Waals surface area contributed by atoms with Crippen LogP contribution in [0.4, 0.5) is 28.9 Å². The Balaban J connectivity index is 1.36. The maximum Gasteiger partial charge on any atom is 0.433 e. The monoisotopic (exact) mass is 526 g/mol. The second kappa shape index (κ2) is 10.2. The highest BCUT2D eigenvalue weighted by Gasteiger charge is 2.33. The Labute approximate surface area is 214 Å². The van der Waals surface area contributed by atoms with E-state index in [1.54, 1.807) is 12.4 Å². The molecule has 1 N–H and O–H groups in total. The third-order valence-corrected chi connectivity index (χ3v) is 6.14. The molecule has 1 amide bonds. The van der Waals surface area contributed by atoms with Gasteiger partial charge in [-0.25, -0.2) is 9.07 Å². The number of nitrogens with zero attached hydrogens (tertiary/aromatic N) is 7. The highest BCUT2D eigenvalue weighted by atomic mass is 19.4. The van der Waals surface area contributed by atoms with Crippen molar-refractivity contribution < 1.29 is 22.4 Å². The zero-order valence-electron chi connectivity index (χ0n) is 20.2. The van der Waals surface area contributed by atoms with E-state index in [0.29, 0.717) is 17.3 Å². The Morgan fingerprint density at radius 2 is 1.82 bits per heavy atom. The van der Waals surface area contributed by atoms with Gasteiger partial charge in [0.05, 0.1) is 18.1 Å². The minimum Gasteiger partial charge on any atom is -0.368 e. The summed E-state index contributed by atoms with van der Waals surface area (Å²) in [6, 6.07) is 7.48. The van der Waals surface area contributed by atoms with Crippen molar-refractivity contribution in [3.63, 3.8) is 0 Å². The second-order valence-corrected chi connectivity index (χ2v) is 8.82. The van der Waals surface area contributed by atoms with Gasteiger partial charge in [-0.2, -0.15) is 13.2 Å². The predicted molar refractivity (Wildman–Crippen MR) is 131 cm³/mol. The largest absolute Gasteiger partial charge is 0.433 e. The van der Waals surface area contributed by atoms with Crippen molar-refractivity contribution in [1.82, 2.24) is 29.9 Å². The molecular formula is C25H22F4N8O. The van der Waals surface area contributed by atoms with E-state index in [0.717, 1.165) is 50.2 Å². The molecule has 4 heterocycles. The lowest BCUT2D eigenvalue weighted by Crippen LogP contribution is -2.44. The fraction of sp³-hybridized carbons (Fsp3) is 0.240. The fourth-order valence-electron chi connectivity index (χ4n) is 4.02. The van der Waals surface area contributed by atoms with Crippen LogP contribution in [0.2, 0.25) is 0 Å². The SMILES string of the molecule is CN1CCN(c2cncc(-c3cn(-c4cc(NC(=O)c5ccnc(C(F)(F)F)c5)ccc4F)nn3)c2)CC1. The topological polar surface area (TPSA) is 92.1 Å². The van der Waals surface area contributed by atoms with Gasteiger partial charge in [-0.15, -0.1) is 5.10 Å². The molecule has 0 saturated carbocycles. The Bertz CT molecular complexity index is 1460. The van der Waals surface area contributed by atoms with Gasteiger partial charge in [-0.3, -0.25) is 14.8 Å². The van der Waals surface area contributed by atoms with Crippen LogP contribution in [0, 0.1) is 5.82 Å². The number of hydrogen-bond acceptors (Lipinski definition) is 7. The van der Waals surface area contributed by atoms with Crippen LogP contribution in [0.25, 0.3) is 16.9 Å². The van der Waals surface area contributed by atoms with Gasteiger partial charge in [0.25, 0.3) is 5.91 Å². The van der Waals surface area contributed by atoms with Gasteiger partial charge in [0, 0.05) is 55.4 Å². The third-order valence-electron chi connectivity index (χ3n) is 6.14. The van der Waals surface area contributed by atoms with Crippen LogP contribution in [0.1, 0.15) is 16.1 Å². The number of alkyl halides is 3. The summed E-state index contributed by atoms with van der Waals surface area (Å²) in [6.45, 7) is 3.62. The quantitative estimate of drug-likeness (QED) is 0.395. The molecule has 4 aromatic rings. The lowest BCUT2D eigenvalue weighted by molar-refractivity contribution is -0.141. The Morgan fingerprint density at radius 1 is 1.03 bits per heavy atom. The summed E-state index contributed by atoms with van der Waals surface area (Å²) >= 11 is 0. The zero-order valence-corrected chi connectivity index (χ0v) is 20.2. The van der Waals surface area contributed by atoms with Crippen molar-refractivity contribution in [2.45, 2.75) is 6.18 Å². The second-order valence-electron chi connectivity index (χ2n) is 8.82. The van der Waals surface area contributed by atoms with Gasteiger partial charge >= 0.3 is 6.18 Å². The molecule has 38 heavy (non-hydrogen) atoms. The summed E-state index contributed by atoms with van der Waals surface area (Å²) in [4.78, 5) is 24.6. The third kappa shape index (κ3) is 5.47. The van der Waals surface area contributed by atoms with E-state index in [1.807, 2.05) is 6.07 Å². The molecule has 9 nitrogen and oxygen atoms in total. The van der Waals surface area contributed by atoms with Gasteiger partial charge < -0.3 is 15.1 Å². The smallest absolute Gasteiger partial charge is 0.368 e. The number of aromatic nitrogens is 5. The predicted octanol–water partition coefficient (Wildman–Crippen LogP) is 3.89. The van der Waals surface area contributed by atoms with Gasteiger partial charge in [0.1, 0.15) is 22.9 Å². The number of amides is 1. The van der Waals surface area contributed by atoms with Crippen LogP contribution < -0.4 is 10.2 Å². The molecule has 0 spiro atoms. The van der Waals surface area contributed by atoms with Crippen LogP contribution in [-0.4, -0.2) is 69.0 Å². The molecule has 1 aromatic carbocycles. The highest BCUT2D eigenvalue weighted by Crippen LogP contribution is 2.28. The average Bonchev–Trinajstić information content (AvgIpc) is 3.40. The van der Waals surface area contributed by atoms with Gasteiger partial charge in [0.2, 0.25) is 0 Å². The van der Waals surface area contributed by atoms with E-state index in [9.17, 15) is 22.4 Å². The number of likely N-dealkylation sites (N-methyl/N-ethyl adjacent to an activating group) is 1. The van der Waals surface area contributed by atoms with Gasteiger partial charge in [-0.1, -0.05) is 5.21 Å². The van der Waals surface area contributed by atoms with E-state index >= 15 is 0 Å². The van der Waals surface area contributed by atoms with Crippen molar-refractivity contribution in [2.24, 2.45) is 0 Å². The Hall–Kier alpha value is -4.39. The molecule has 3 aromatic heterocycles. The normalized spacial score (nSPS) is 14.5. The first-order chi connectivity index (χ1) is 18.2. The van der Waals surface area contributed by atoms with Crippen LogP contribution in [0.15, 0.2) is 61.2 Å². The summed E-state index contributed by atoms with van der Waals surface area (Å²) in [5.74, 6) is -1.44. The first-order valence-corrected chi connectivity index (χ1v) is 11.6. The van der Waals surface area contributed by atoms with E-state index in [1.165, 1.54) is 23.0 Å². The molecule has 0 unspecified atom stereocenters. The molecule has 196 valence electrons. The number of carbonyl (C=O) groups is 1. The molecular weight excluding hydrogens is 504 g/mol. The first-order valence-electron chi connectivity index (χ1n) is 11.6. The fourth-order valence-corrected chi connectivity index (χ4v) is 4.02. The van der Waals surface area contributed by atoms with E-state index in [2.05, 4.69) is 42.4 Å². The maximum absolute atomic E-state index is 14.7. The number of carbonyl (C=O) groups excluding carboxylic acids is 1. The number of piperazine rings is 1. The van der Waals surface area contributed by atoms with Crippen molar-refractivity contribution in [3.8, 4) is 16.9 Å². The molecule has 1 aliphatic rings. The molecule has 1 fully saturated rings. The summed E-state index contributed by atoms with van der Waals surface area (Å²) in [5.41, 5.74) is 0.851. The van der Waals surface area contributed by atoms with Crippen LogP contribution in [0.5, 0.6) is 0 Å². The summed E-state index contributed by atoms with van der Waals surface area (Å²) < 4.78 is 54.7. The van der Waals surface area contributed by atoms with Crippen LogP contribution in [0.3, 0.4) is 0 Å². The molecule has 13 heteroatoms. The van der Waals surface area contributed by atoms with Gasteiger partial charge in [-0.05, 0) is 43.4 Å². The highest BCUT2D eigenvalue weighted by molar-refractivity contribution is 6.04. The number of pyridine rings is 2. The van der Waals surface area contributed by atoms with Crippen molar-refractivity contribution in [1.29, 1.82) is 0 Å². The lowest BCUT2D eigenvalue weighted by atomic mass is 10.2. The van der Waals surface area contributed by atoms with Gasteiger partial charge in [0.15, 0.2) is 0 Å². The van der Waals surface area contributed by atoms with Crippen LogP contribution >= 0.6 is 0 Å².